The van der Waals surface area contributed by atoms with Crippen LogP contribution in [0.5, 0.6) is 0 Å². The molecule has 1 unspecified atom stereocenters. The maximum absolute atomic E-state index is 13.1. The number of aryl methyl sites for hydroxylation is 1. The molecule has 0 spiro atoms. The molecule has 0 aliphatic carbocycles. The molecule has 5 nitrogen and oxygen atoms in total. The summed E-state index contributed by atoms with van der Waals surface area (Å²) in [6, 6.07) is 7.15. The fourth-order valence-electron chi connectivity index (χ4n) is 3.92. The third-order valence-corrected chi connectivity index (χ3v) is 5.47. The van der Waals surface area contributed by atoms with E-state index in [0.717, 1.165) is 57.4 Å². The van der Waals surface area contributed by atoms with Gasteiger partial charge in [0.1, 0.15) is 6.04 Å². The van der Waals surface area contributed by atoms with Crippen molar-refractivity contribution in [3.8, 4) is 0 Å². The van der Waals surface area contributed by atoms with E-state index in [9.17, 15) is 9.59 Å². The van der Waals surface area contributed by atoms with Crippen LogP contribution in [0.4, 0.5) is 0 Å². The Morgan fingerprint density at radius 1 is 1.12 bits per heavy atom. The predicted octanol–water partition coefficient (Wildman–Crippen LogP) is 2.11. The maximum atomic E-state index is 13.1. The Kier molecular flexibility index (Phi) is 6.08. The number of likely N-dealkylation sites (tertiary alicyclic amines) is 1. The van der Waals surface area contributed by atoms with Gasteiger partial charge in [-0.2, -0.15) is 0 Å². The summed E-state index contributed by atoms with van der Waals surface area (Å²) in [6.45, 7) is 5.39. The second-order valence-corrected chi connectivity index (χ2v) is 7.24. The second kappa shape index (κ2) is 8.48. The summed E-state index contributed by atoms with van der Waals surface area (Å²) < 4.78 is 0. The lowest BCUT2D eigenvalue weighted by atomic mass is 9.88. The molecule has 0 saturated carbocycles. The van der Waals surface area contributed by atoms with Gasteiger partial charge < -0.3 is 15.5 Å². The lowest BCUT2D eigenvalue weighted by Crippen LogP contribution is -2.55. The average molecular weight is 343 g/mol. The summed E-state index contributed by atoms with van der Waals surface area (Å²) in [5, 5.41) is 6.43. The van der Waals surface area contributed by atoms with Crippen molar-refractivity contribution in [1.82, 2.24) is 15.5 Å². The van der Waals surface area contributed by atoms with Gasteiger partial charge in [0.05, 0.1) is 0 Å². The van der Waals surface area contributed by atoms with Gasteiger partial charge in [-0.25, -0.2) is 0 Å². The molecule has 0 radical (unpaired) electrons. The first-order valence-electron chi connectivity index (χ1n) is 9.53. The number of rotatable bonds is 4. The Bertz CT molecular complexity index is 605. The van der Waals surface area contributed by atoms with Crippen molar-refractivity contribution in [2.45, 2.75) is 45.1 Å². The minimum atomic E-state index is -0.410. The number of hydrogen-bond donors (Lipinski definition) is 2. The zero-order valence-corrected chi connectivity index (χ0v) is 15.1. The number of carbonyl (C=O) groups excluding carboxylic acids is 2. The molecule has 2 amide bonds. The highest BCUT2D eigenvalue weighted by Gasteiger charge is 2.34. The Labute approximate surface area is 150 Å². The van der Waals surface area contributed by atoms with Crippen LogP contribution in [0.25, 0.3) is 0 Å². The molecule has 2 saturated heterocycles. The smallest absolute Gasteiger partial charge is 0.252 e. The standard InChI is InChI=1S/C20H29N3O2/c1-15-7-3-4-8-17(15)19(24)22-18(16-9-11-21-12-10-16)20(25)23-13-5-2-6-14-23/h3-4,7-8,16,18,21H,2,5-6,9-14H2,1H3,(H,22,24). The van der Waals surface area contributed by atoms with Gasteiger partial charge in [-0.05, 0) is 69.7 Å². The van der Waals surface area contributed by atoms with Gasteiger partial charge in [0.15, 0.2) is 0 Å². The lowest BCUT2D eigenvalue weighted by molar-refractivity contribution is -0.135. The van der Waals surface area contributed by atoms with Gasteiger partial charge in [0, 0.05) is 18.7 Å². The zero-order chi connectivity index (χ0) is 17.6. The molecule has 5 heteroatoms. The summed E-state index contributed by atoms with van der Waals surface area (Å²) in [5.41, 5.74) is 1.60. The van der Waals surface area contributed by atoms with Gasteiger partial charge in [0.2, 0.25) is 5.91 Å². The lowest BCUT2D eigenvalue weighted by Gasteiger charge is -2.36. The Balaban J connectivity index is 1.76. The molecule has 2 aliphatic rings. The fraction of sp³-hybridized carbons (Fsp3) is 0.600. The third-order valence-electron chi connectivity index (χ3n) is 5.47. The van der Waals surface area contributed by atoms with E-state index in [-0.39, 0.29) is 17.7 Å². The zero-order valence-electron chi connectivity index (χ0n) is 15.1. The van der Waals surface area contributed by atoms with Crippen LogP contribution in [0, 0.1) is 12.8 Å². The van der Waals surface area contributed by atoms with Crippen LogP contribution in [0.2, 0.25) is 0 Å². The first-order chi connectivity index (χ1) is 12.2. The molecule has 2 N–H and O–H groups in total. The van der Waals surface area contributed by atoms with Crippen LogP contribution >= 0.6 is 0 Å². The molecule has 1 aromatic carbocycles. The highest BCUT2D eigenvalue weighted by Crippen LogP contribution is 2.21. The first-order valence-corrected chi connectivity index (χ1v) is 9.53. The summed E-state index contributed by atoms with van der Waals surface area (Å²) in [4.78, 5) is 27.9. The molecule has 25 heavy (non-hydrogen) atoms. The van der Waals surface area contributed by atoms with E-state index in [0.29, 0.717) is 5.56 Å². The monoisotopic (exact) mass is 343 g/mol. The first kappa shape index (κ1) is 17.9. The van der Waals surface area contributed by atoms with Gasteiger partial charge in [-0.15, -0.1) is 0 Å². The highest BCUT2D eigenvalue weighted by molar-refractivity contribution is 5.98. The summed E-state index contributed by atoms with van der Waals surface area (Å²) in [5.74, 6) is 0.184. The van der Waals surface area contributed by atoms with Crippen molar-refractivity contribution in [3.05, 3.63) is 35.4 Å². The average Bonchev–Trinajstić information content (AvgIpc) is 2.67. The normalized spacial score (nSPS) is 20.1. The van der Waals surface area contributed by atoms with E-state index in [2.05, 4.69) is 10.6 Å². The van der Waals surface area contributed by atoms with E-state index in [4.69, 9.17) is 0 Å². The van der Waals surface area contributed by atoms with E-state index < -0.39 is 6.04 Å². The quantitative estimate of drug-likeness (QED) is 0.880. The van der Waals surface area contributed by atoms with Crippen LogP contribution in [-0.2, 0) is 4.79 Å². The van der Waals surface area contributed by atoms with Gasteiger partial charge in [-0.3, -0.25) is 9.59 Å². The number of nitrogens with one attached hydrogen (secondary N) is 2. The van der Waals surface area contributed by atoms with Crippen LogP contribution in [0.15, 0.2) is 24.3 Å². The Morgan fingerprint density at radius 2 is 1.80 bits per heavy atom. The van der Waals surface area contributed by atoms with Crippen LogP contribution in [0.1, 0.15) is 48.0 Å². The van der Waals surface area contributed by atoms with E-state index in [1.165, 1.54) is 6.42 Å². The van der Waals surface area contributed by atoms with Crippen molar-refractivity contribution in [1.29, 1.82) is 0 Å². The van der Waals surface area contributed by atoms with Crippen molar-refractivity contribution in [2.75, 3.05) is 26.2 Å². The predicted molar refractivity (Wildman–Crippen MR) is 98.5 cm³/mol. The largest absolute Gasteiger partial charge is 0.341 e. The molecule has 136 valence electrons. The summed E-state index contributed by atoms with van der Waals surface area (Å²) >= 11 is 0. The van der Waals surface area contributed by atoms with E-state index >= 15 is 0 Å². The number of hydrogen-bond acceptors (Lipinski definition) is 3. The maximum Gasteiger partial charge on any atom is 0.252 e. The van der Waals surface area contributed by atoms with E-state index in [1.807, 2.05) is 36.1 Å². The number of benzene rings is 1. The van der Waals surface area contributed by atoms with E-state index in [1.54, 1.807) is 0 Å². The van der Waals surface area contributed by atoms with Crippen LogP contribution < -0.4 is 10.6 Å². The van der Waals surface area contributed by atoms with Crippen molar-refractivity contribution in [2.24, 2.45) is 5.92 Å². The molecule has 0 bridgehead atoms. The molecule has 0 aromatic heterocycles. The minimum absolute atomic E-state index is 0.105. The van der Waals surface area contributed by atoms with Crippen LogP contribution in [0.3, 0.4) is 0 Å². The molecule has 1 atom stereocenters. The number of piperidine rings is 2. The van der Waals surface area contributed by atoms with Gasteiger partial charge in [-0.1, -0.05) is 18.2 Å². The van der Waals surface area contributed by atoms with Crippen molar-refractivity contribution in [3.63, 3.8) is 0 Å². The number of carbonyl (C=O) groups is 2. The molecule has 1 aromatic rings. The molecule has 2 aliphatic heterocycles. The highest BCUT2D eigenvalue weighted by atomic mass is 16.2. The van der Waals surface area contributed by atoms with Gasteiger partial charge >= 0.3 is 0 Å². The topological polar surface area (TPSA) is 61.4 Å². The third kappa shape index (κ3) is 4.40. The van der Waals surface area contributed by atoms with Crippen molar-refractivity contribution < 1.29 is 9.59 Å². The molecular formula is C20H29N3O2. The molecule has 2 fully saturated rings. The Hall–Kier alpha value is -1.88. The molecule has 3 rings (SSSR count). The summed E-state index contributed by atoms with van der Waals surface area (Å²) in [7, 11) is 0. The SMILES string of the molecule is Cc1ccccc1C(=O)NC(C(=O)N1CCCCC1)C1CCNCC1. The van der Waals surface area contributed by atoms with Crippen LogP contribution in [-0.4, -0.2) is 48.9 Å². The summed E-state index contributed by atoms with van der Waals surface area (Å²) in [6.07, 6.45) is 5.18. The molecular weight excluding hydrogens is 314 g/mol. The fourth-order valence-corrected chi connectivity index (χ4v) is 3.92. The Morgan fingerprint density at radius 3 is 2.48 bits per heavy atom. The number of amides is 2. The second-order valence-electron chi connectivity index (χ2n) is 7.24. The van der Waals surface area contributed by atoms with Gasteiger partial charge in [0.25, 0.3) is 5.91 Å². The van der Waals surface area contributed by atoms with Crippen molar-refractivity contribution >= 4 is 11.8 Å². The number of nitrogens with zero attached hydrogens (tertiary/aromatic N) is 1. The minimum Gasteiger partial charge on any atom is -0.341 e. The molecule has 2 heterocycles.